The summed E-state index contributed by atoms with van der Waals surface area (Å²) in [7, 11) is 0. The van der Waals surface area contributed by atoms with Gasteiger partial charge in [0.05, 0.1) is 22.7 Å². The highest BCUT2D eigenvalue weighted by molar-refractivity contribution is 6.32. The van der Waals surface area contributed by atoms with Crippen LogP contribution < -0.4 is 4.74 Å². The number of amides is 1. The number of nitrogens with zero attached hydrogens (tertiary/aromatic N) is 2. The number of likely N-dealkylation sites (tertiary alicyclic amines) is 1. The van der Waals surface area contributed by atoms with E-state index in [9.17, 15) is 4.79 Å². The molecule has 0 aromatic heterocycles. The molecule has 0 radical (unpaired) electrons. The Morgan fingerprint density at radius 1 is 1.27 bits per heavy atom. The summed E-state index contributed by atoms with van der Waals surface area (Å²) in [5, 5.41) is 9.29. The molecule has 0 bridgehead atoms. The Hall–Kier alpha value is -2.51. The normalized spacial score (nSPS) is 19.9. The first-order chi connectivity index (χ1) is 12.3. The van der Waals surface area contributed by atoms with E-state index in [0.29, 0.717) is 22.9 Å². The van der Waals surface area contributed by atoms with E-state index in [2.05, 4.69) is 0 Å². The Kier molecular flexibility index (Phi) is 4.93. The molecule has 4 nitrogen and oxygen atoms in total. The van der Waals surface area contributed by atoms with E-state index < -0.39 is 6.10 Å². The van der Waals surface area contributed by atoms with Crippen molar-refractivity contribution in [1.29, 1.82) is 5.26 Å². The van der Waals surface area contributed by atoms with Crippen molar-refractivity contribution in [1.82, 2.24) is 4.90 Å². The van der Waals surface area contributed by atoms with Gasteiger partial charge in [-0.2, -0.15) is 5.26 Å². The van der Waals surface area contributed by atoms with Crippen LogP contribution in [0.1, 0.15) is 37.9 Å². The molecular formula is C21H21ClN2O2. The topological polar surface area (TPSA) is 53.3 Å². The van der Waals surface area contributed by atoms with Crippen LogP contribution in [0, 0.1) is 16.7 Å². The van der Waals surface area contributed by atoms with E-state index in [-0.39, 0.29) is 17.4 Å². The van der Waals surface area contributed by atoms with Crippen LogP contribution in [0.5, 0.6) is 5.75 Å². The number of carbonyl (C=O) groups is 1. The lowest BCUT2D eigenvalue weighted by Gasteiger charge is -2.26. The Balaban J connectivity index is 1.84. The predicted octanol–water partition coefficient (Wildman–Crippen LogP) is 4.59. The molecule has 2 atom stereocenters. The molecule has 2 unspecified atom stereocenters. The van der Waals surface area contributed by atoms with Gasteiger partial charge < -0.3 is 9.64 Å². The van der Waals surface area contributed by atoms with Crippen molar-refractivity contribution in [3.63, 3.8) is 0 Å². The highest BCUT2D eigenvalue weighted by Gasteiger charge is 2.49. The lowest BCUT2D eigenvalue weighted by molar-refractivity contribution is -0.136. The van der Waals surface area contributed by atoms with Gasteiger partial charge in [-0.25, -0.2) is 0 Å². The second-order valence-corrected chi connectivity index (χ2v) is 7.70. The minimum absolute atomic E-state index is 0.0342. The van der Waals surface area contributed by atoms with E-state index in [1.165, 1.54) is 0 Å². The summed E-state index contributed by atoms with van der Waals surface area (Å²) >= 11 is 6.22. The average Bonchev–Trinajstić information content (AvgIpc) is 2.86. The maximum atomic E-state index is 13.1. The van der Waals surface area contributed by atoms with Gasteiger partial charge in [-0.15, -0.1) is 0 Å². The van der Waals surface area contributed by atoms with Crippen molar-refractivity contribution in [3.05, 3.63) is 64.7 Å². The van der Waals surface area contributed by atoms with E-state index in [1.807, 2.05) is 62.1 Å². The number of rotatable bonds is 4. The molecular weight excluding hydrogens is 348 g/mol. The molecule has 0 spiro atoms. The summed E-state index contributed by atoms with van der Waals surface area (Å²) in [5.74, 6) is 0.373. The molecule has 0 aliphatic carbocycles. The molecule has 1 aliphatic rings. The van der Waals surface area contributed by atoms with Crippen LogP contribution in [-0.4, -0.2) is 23.5 Å². The molecule has 26 heavy (non-hydrogen) atoms. The number of carbonyl (C=O) groups excluding carboxylic acids is 1. The summed E-state index contributed by atoms with van der Waals surface area (Å²) < 4.78 is 6.02. The first kappa shape index (κ1) is 18.3. The molecule has 1 fully saturated rings. The Morgan fingerprint density at radius 2 is 1.96 bits per heavy atom. The van der Waals surface area contributed by atoms with E-state index in [4.69, 9.17) is 21.6 Å². The smallest absolute Gasteiger partial charge is 0.264 e. The van der Waals surface area contributed by atoms with Gasteiger partial charge >= 0.3 is 0 Å². The second kappa shape index (κ2) is 7.01. The third kappa shape index (κ3) is 3.40. The van der Waals surface area contributed by atoms with Gasteiger partial charge in [0.15, 0.2) is 6.10 Å². The molecule has 1 heterocycles. The molecule has 0 N–H and O–H groups in total. The van der Waals surface area contributed by atoms with Crippen LogP contribution in [-0.2, 0) is 4.79 Å². The minimum atomic E-state index is -0.626. The van der Waals surface area contributed by atoms with Gasteiger partial charge in [-0.05, 0) is 30.7 Å². The van der Waals surface area contributed by atoms with Gasteiger partial charge in [-0.3, -0.25) is 4.79 Å². The lowest BCUT2D eigenvalue weighted by atomic mass is 9.89. The summed E-state index contributed by atoms with van der Waals surface area (Å²) in [5.41, 5.74) is 1.18. The maximum Gasteiger partial charge on any atom is 0.264 e. The monoisotopic (exact) mass is 368 g/mol. The molecule has 1 amide bonds. The standard InChI is InChI=1S/C21H21ClN2O2/c1-14(16-7-5-4-6-8-16)24-13-21(2,3)19(20(24)25)26-18-10-9-15(12-23)11-17(18)22/h4-11,14,19H,13H2,1-3H3. The fourth-order valence-corrected chi connectivity index (χ4v) is 3.55. The summed E-state index contributed by atoms with van der Waals surface area (Å²) in [6.07, 6.45) is -0.626. The Morgan fingerprint density at radius 3 is 2.58 bits per heavy atom. The van der Waals surface area contributed by atoms with Crippen LogP contribution in [0.15, 0.2) is 48.5 Å². The Labute approximate surface area is 158 Å². The summed E-state index contributed by atoms with van der Waals surface area (Å²) in [6.45, 7) is 6.66. The van der Waals surface area contributed by atoms with Crippen molar-refractivity contribution in [3.8, 4) is 11.8 Å². The van der Waals surface area contributed by atoms with Gasteiger partial charge in [0.25, 0.3) is 5.91 Å². The SMILES string of the molecule is CC(c1ccccc1)N1CC(C)(C)C(Oc2ccc(C#N)cc2Cl)C1=O. The lowest BCUT2D eigenvalue weighted by Crippen LogP contribution is -2.37. The third-order valence-corrected chi connectivity index (χ3v) is 5.15. The number of hydrogen-bond acceptors (Lipinski definition) is 3. The van der Waals surface area contributed by atoms with Gasteiger partial charge in [0, 0.05) is 12.0 Å². The largest absolute Gasteiger partial charge is 0.478 e. The number of hydrogen-bond donors (Lipinski definition) is 0. The van der Waals surface area contributed by atoms with Crippen molar-refractivity contribution in [2.75, 3.05) is 6.54 Å². The van der Waals surface area contributed by atoms with Gasteiger partial charge in [0.2, 0.25) is 0 Å². The molecule has 1 aliphatic heterocycles. The van der Waals surface area contributed by atoms with Crippen LogP contribution >= 0.6 is 11.6 Å². The van der Waals surface area contributed by atoms with Crippen LogP contribution in [0.25, 0.3) is 0 Å². The molecule has 0 saturated carbocycles. The van der Waals surface area contributed by atoms with Gasteiger partial charge in [0.1, 0.15) is 5.75 Å². The van der Waals surface area contributed by atoms with Crippen molar-refractivity contribution >= 4 is 17.5 Å². The highest BCUT2D eigenvalue weighted by atomic mass is 35.5. The second-order valence-electron chi connectivity index (χ2n) is 7.30. The average molecular weight is 369 g/mol. The molecule has 2 aromatic carbocycles. The molecule has 3 rings (SSSR count). The minimum Gasteiger partial charge on any atom is -0.478 e. The molecule has 5 heteroatoms. The van der Waals surface area contributed by atoms with E-state index in [1.54, 1.807) is 18.2 Å². The zero-order valence-corrected chi connectivity index (χ0v) is 15.8. The van der Waals surface area contributed by atoms with Crippen molar-refractivity contribution in [2.24, 2.45) is 5.41 Å². The predicted molar refractivity (Wildman–Crippen MR) is 101 cm³/mol. The van der Waals surface area contributed by atoms with Crippen LogP contribution in [0.2, 0.25) is 5.02 Å². The Bertz CT molecular complexity index is 858. The van der Waals surface area contributed by atoms with E-state index >= 15 is 0 Å². The first-order valence-electron chi connectivity index (χ1n) is 8.55. The maximum absolute atomic E-state index is 13.1. The molecule has 134 valence electrons. The zero-order valence-electron chi connectivity index (χ0n) is 15.1. The third-order valence-electron chi connectivity index (χ3n) is 4.85. The summed E-state index contributed by atoms with van der Waals surface area (Å²) in [6, 6.07) is 16.8. The van der Waals surface area contributed by atoms with Crippen LogP contribution in [0.3, 0.4) is 0 Å². The number of halogens is 1. The molecule has 1 saturated heterocycles. The van der Waals surface area contributed by atoms with E-state index in [0.717, 1.165) is 5.56 Å². The number of nitriles is 1. The van der Waals surface area contributed by atoms with Crippen molar-refractivity contribution < 1.29 is 9.53 Å². The van der Waals surface area contributed by atoms with Gasteiger partial charge in [-0.1, -0.05) is 55.8 Å². The first-order valence-corrected chi connectivity index (χ1v) is 8.93. The quantitative estimate of drug-likeness (QED) is 0.793. The van der Waals surface area contributed by atoms with Crippen LogP contribution in [0.4, 0.5) is 0 Å². The number of benzene rings is 2. The zero-order chi connectivity index (χ0) is 18.9. The van der Waals surface area contributed by atoms with Crippen molar-refractivity contribution in [2.45, 2.75) is 32.9 Å². The summed E-state index contributed by atoms with van der Waals surface area (Å²) in [4.78, 5) is 14.9. The fourth-order valence-electron chi connectivity index (χ4n) is 3.33. The highest BCUT2D eigenvalue weighted by Crippen LogP contribution is 2.39. The fraction of sp³-hybridized carbons (Fsp3) is 0.333. The number of ether oxygens (including phenoxy) is 1. The molecule has 2 aromatic rings.